The molecule has 0 amide bonds. The third-order valence-corrected chi connectivity index (χ3v) is 13.6. The second kappa shape index (κ2) is 17.3. The Hall–Kier alpha value is -2.50. The van der Waals surface area contributed by atoms with E-state index in [0.717, 1.165) is 35.7 Å². The van der Waals surface area contributed by atoms with Crippen molar-refractivity contribution >= 4 is 93.2 Å². The molecule has 280 valence electrons. The maximum atomic E-state index is 10.4. The van der Waals surface area contributed by atoms with Crippen LogP contribution in [0.3, 0.4) is 0 Å². The van der Waals surface area contributed by atoms with E-state index in [0.29, 0.717) is 79.6 Å². The van der Waals surface area contributed by atoms with Gasteiger partial charge in [-0.2, -0.15) is 0 Å². The number of nitrogens with two attached hydrogens (primary N) is 4. The summed E-state index contributed by atoms with van der Waals surface area (Å²) in [7, 11) is 0. The average molecular weight is 829 g/mol. The highest BCUT2D eigenvalue weighted by atomic mass is 35.5. The molecule has 0 bridgehead atoms. The lowest BCUT2D eigenvalue weighted by Gasteiger charge is -2.43. The van der Waals surface area contributed by atoms with E-state index < -0.39 is 12.2 Å². The number of piperidine rings is 2. The van der Waals surface area contributed by atoms with Crippen LogP contribution < -0.4 is 32.7 Å². The highest BCUT2D eigenvalue weighted by Gasteiger charge is 2.39. The number of benzene rings is 2. The molecule has 2 aliphatic rings. The number of aromatic nitrogens is 4. The number of anilines is 4. The Morgan fingerprint density at radius 3 is 1.42 bits per heavy atom. The molecular weight excluding hydrogens is 786 g/mol. The second-order valence-electron chi connectivity index (χ2n) is 13.3. The SMILES string of the molecule is C[C@@]1(CN)CCN(c2cnc(Sc3cccc(Cl)c3Cl)c(N)n2)C[C@@H]1O.C[C@]1(CN)CCN(c2cnc(Sc3cccc(Cl)c3Cl)c(N)n2)C[C@H]1O. The van der Waals surface area contributed by atoms with Gasteiger partial charge in [-0.3, -0.25) is 0 Å². The molecule has 6 rings (SSSR count). The smallest absolute Gasteiger partial charge is 0.158 e. The normalized spacial score (nSPS) is 23.3. The van der Waals surface area contributed by atoms with Crippen LogP contribution in [-0.4, -0.2) is 81.6 Å². The minimum Gasteiger partial charge on any atom is -0.391 e. The summed E-state index contributed by atoms with van der Waals surface area (Å²) in [4.78, 5) is 23.2. The molecule has 2 saturated heterocycles. The Morgan fingerprint density at radius 2 is 1.10 bits per heavy atom. The van der Waals surface area contributed by atoms with Crippen molar-refractivity contribution in [1.29, 1.82) is 0 Å². The Balaban J connectivity index is 0.000000201. The van der Waals surface area contributed by atoms with Crippen molar-refractivity contribution in [3.8, 4) is 0 Å². The van der Waals surface area contributed by atoms with Crippen molar-refractivity contribution in [1.82, 2.24) is 19.9 Å². The van der Waals surface area contributed by atoms with Gasteiger partial charge in [0.05, 0.1) is 44.7 Å². The fraction of sp³-hybridized carbons (Fsp3) is 0.412. The molecule has 18 heteroatoms. The Morgan fingerprint density at radius 1 is 0.712 bits per heavy atom. The van der Waals surface area contributed by atoms with E-state index in [1.54, 1.807) is 24.5 Å². The first-order valence-electron chi connectivity index (χ1n) is 16.4. The van der Waals surface area contributed by atoms with Crippen LogP contribution in [0.2, 0.25) is 20.1 Å². The molecule has 0 saturated carbocycles. The minimum absolute atomic E-state index is 0.269. The zero-order valence-electron chi connectivity index (χ0n) is 28.6. The monoisotopic (exact) mass is 826 g/mol. The van der Waals surface area contributed by atoms with Gasteiger partial charge in [0.15, 0.2) is 11.6 Å². The highest BCUT2D eigenvalue weighted by Crippen LogP contribution is 2.40. The zero-order chi connectivity index (χ0) is 37.8. The molecule has 4 atom stereocenters. The number of hydrogen-bond acceptors (Lipinski definition) is 14. The van der Waals surface area contributed by atoms with Gasteiger partial charge in [0.1, 0.15) is 21.7 Å². The number of rotatable bonds is 8. The summed E-state index contributed by atoms with van der Waals surface area (Å²) in [5.41, 5.74) is 23.3. The Kier molecular flexibility index (Phi) is 13.5. The number of aliphatic hydroxyl groups is 2. The molecule has 2 aromatic heterocycles. The maximum Gasteiger partial charge on any atom is 0.158 e. The number of hydrogen-bond donors (Lipinski definition) is 6. The van der Waals surface area contributed by atoms with E-state index in [1.165, 1.54) is 23.5 Å². The van der Waals surface area contributed by atoms with Gasteiger partial charge in [0.25, 0.3) is 0 Å². The topological polar surface area (TPSA) is 203 Å². The van der Waals surface area contributed by atoms with Crippen molar-refractivity contribution in [2.24, 2.45) is 22.3 Å². The van der Waals surface area contributed by atoms with E-state index in [4.69, 9.17) is 69.3 Å². The predicted molar refractivity (Wildman–Crippen MR) is 214 cm³/mol. The van der Waals surface area contributed by atoms with Gasteiger partial charge in [-0.05, 0) is 37.1 Å². The molecule has 2 aromatic carbocycles. The second-order valence-corrected chi connectivity index (χ2v) is 16.9. The number of halogens is 4. The van der Waals surface area contributed by atoms with Crippen molar-refractivity contribution in [3.63, 3.8) is 0 Å². The Labute approximate surface area is 332 Å². The highest BCUT2D eigenvalue weighted by molar-refractivity contribution is 7.99. The van der Waals surface area contributed by atoms with Crippen LogP contribution >= 0.6 is 69.9 Å². The predicted octanol–water partition coefficient (Wildman–Crippen LogP) is 6.11. The molecule has 0 aliphatic carbocycles. The van der Waals surface area contributed by atoms with Crippen LogP contribution in [0.15, 0.2) is 68.6 Å². The number of aliphatic hydroxyl groups excluding tert-OH is 2. The van der Waals surface area contributed by atoms with E-state index in [9.17, 15) is 10.2 Å². The summed E-state index contributed by atoms with van der Waals surface area (Å²) in [6.07, 6.45) is 3.83. The van der Waals surface area contributed by atoms with Gasteiger partial charge in [0, 0.05) is 59.9 Å². The van der Waals surface area contributed by atoms with E-state index in [2.05, 4.69) is 19.9 Å². The minimum atomic E-state index is -0.524. The first-order valence-corrected chi connectivity index (χ1v) is 19.6. The fourth-order valence-corrected chi connectivity index (χ4v) is 8.17. The lowest BCUT2D eigenvalue weighted by atomic mass is 9.78. The summed E-state index contributed by atoms with van der Waals surface area (Å²) in [6.45, 7) is 7.30. The van der Waals surface area contributed by atoms with Gasteiger partial charge in [-0.15, -0.1) is 0 Å². The lowest BCUT2D eigenvalue weighted by Crippen LogP contribution is -2.53. The van der Waals surface area contributed by atoms with Crippen molar-refractivity contribution in [2.45, 2.75) is 58.7 Å². The van der Waals surface area contributed by atoms with E-state index in [-0.39, 0.29) is 10.8 Å². The van der Waals surface area contributed by atoms with Crippen LogP contribution in [-0.2, 0) is 0 Å². The summed E-state index contributed by atoms with van der Waals surface area (Å²) in [6, 6.07) is 10.8. The summed E-state index contributed by atoms with van der Waals surface area (Å²) < 4.78 is 0. The lowest BCUT2D eigenvalue weighted by molar-refractivity contribution is 0.0277. The van der Waals surface area contributed by atoms with Crippen LogP contribution in [0, 0.1) is 10.8 Å². The molecule has 10 N–H and O–H groups in total. The molecule has 2 fully saturated rings. The Bertz CT molecular complexity index is 1750. The molecule has 0 radical (unpaired) electrons. The first-order chi connectivity index (χ1) is 24.7. The van der Waals surface area contributed by atoms with Crippen LogP contribution in [0.4, 0.5) is 23.3 Å². The van der Waals surface area contributed by atoms with Gasteiger partial charge in [-0.1, -0.05) is 95.9 Å². The van der Waals surface area contributed by atoms with Crippen molar-refractivity contribution in [2.75, 3.05) is 60.5 Å². The molecule has 52 heavy (non-hydrogen) atoms. The maximum absolute atomic E-state index is 10.4. The molecular formula is C34H42Cl4N10O2S2. The first kappa shape index (κ1) is 40.7. The average Bonchev–Trinajstić information content (AvgIpc) is 3.13. The van der Waals surface area contributed by atoms with Crippen LogP contribution in [0.25, 0.3) is 0 Å². The molecule has 0 spiro atoms. The fourth-order valence-electron chi connectivity index (χ4n) is 5.61. The summed E-state index contributed by atoms with van der Waals surface area (Å²) >= 11 is 27.2. The molecule has 4 heterocycles. The number of nitrogens with zero attached hydrogens (tertiary/aromatic N) is 6. The molecule has 2 aliphatic heterocycles. The van der Waals surface area contributed by atoms with Gasteiger partial charge in [-0.25, -0.2) is 19.9 Å². The quantitative estimate of drug-likeness (QED) is 0.119. The molecule has 4 aromatic rings. The standard InChI is InChI=1S/2C17H21Cl2N5OS/c2*1-17(9-20)5-6-24(8-12(17)25)13-7-22-16(15(21)23-13)26-11-4-2-3-10(18)14(11)19/h2*2-4,7,12,25H,5-6,8-9,20H2,1H3,(H2,21,23)/t2*12-,17-/m10/s1. The van der Waals surface area contributed by atoms with E-state index >= 15 is 0 Å². The zero-order valence-corrected chi connectivity index (χ0v) is 33.3. The van der Waals surface area contributed by atoms with Gasteiger partial charge < -0.3 is 42.9 Å². The van der Waals surface area contributed by atoms with Gasteiger partial charge >= 0.3 is 0 Å². The largest absolute Gasteiger partial charge is 0.391 e. The third kappa shape index (κ3) is 9.23. The summed E-state index contributed by atoms with van der Waals surface area (Å²) in [5.74, 6) is 1.90. The number of β-amino-alcohol motifs (C(OH)–C–C–N with tert-alkyl or cyclic N) is 2. The number of nitrogen functional groups attached to an aromatic ring is 2. The molecule has 12 nitrogen and oxygen atoms in total. The third-order valence-electron chi connectivity index (χ3n) is 9.63. The van der Waals surface area contributed by atoms with Crippen molar-refractivity contribution < 1.29 is 10.2 Å². The van der Waals surface area contributed by atoms with Crippen LogP contribution in [0.5, 0.6) is 0 Å². The van der Waals surface area contributed by atoms with Crippen molar-refractivity contribution in [3.05, 3.63) is 68.9 Å². The van der Waals surface area contributed by atoms with Crippen LogP contribution in [0.1, 0.15) is 26.7 Å². The summed E-state index contributed by atoms with van der Waals surface area (Å²) in [5, 5.41) is 23.8. The van der Waals surface area contributed by atoms with E-state index in [1.807, 2.05) is 47.9 Å². The molecule has 0 unspecified atom stereocenters. The van der Waals surface area contributed by atoms with Gasteiger partial charge in [0.2, 0.25) is 0 Å².